The average molecular weight is 270 g/mol. The Morgan fingerprint density at radius 2 is 2.11 bits per heavy atom. The van der Waals surface area contributed by atoms with Gasteiger partial charge in [-0.25, -0.2) is 4.79 Å². The summed E-state index contributed by atoms with van der Waals surface area (Å²) in [5.41, 5.74) is 0. The van der Waals surface area contributed by atoms with Crippen molar-refractivity contribution in [1.82, 2.24) is 10.2 Å². The fourth-order valence-electron chi connectivity index (χ4n) is 2.32. The fourth-order valence-corrected chi connectivity index (χ4v) is 2.32. The van der Waals surface area contributed by atoms with Gasteiger partial charge in [-0.2, -0.15) is 0 Å². The highest BCUT2D eigenvalue weighted by molar-refractivity contribution is 5.80. The summed E-state index contributed by atoms with van der Waals surface area (Å²) in [4.78, 5) is 24.1. The molecule has 0 aromatic carbocycles. The van der Waals surface area contributed by atoms with E-state index in [-0.39, 0.29) is 18.7 Å². The topological polar surface area (TPSA) is 78.9 Å². The fraction of sp³-hybridized carbons (Fsp3) is 0.846. The Bertz CT molecular complexity index is 325. The molecule has 0 aromatic heterocycles. The molecule has 2 aliphatic rings. The predicted octanol–water partition coefficient (Wildman–Crippen LogP) is 1.06. The number of nitrogens with zero attached hydrogens (tertiary/aromatic N) is 1. The summed E-state index contributed by atoms with van der Waals surface area (Å²) in [6, 6.07) is -0.271. The van der Waals surface area contributed by atoms with Gasteiger partial charge in [0.1, 0.15) is 6.54 Å². The van der Waals surface area contributed by atoms with E-state index in [0.717, 1.165) is 38.7 Å². The summed E-state index contributed by atoms with van der Waals surface area (Å²) in [5, 5.41) is 11.6. The van der Waals surface area contributed by atoms with Crippen LogP contribution in [0.4, 0.5) is 4.79 Å². The number of ether oxygens (including phenoxy) is 1. The van der Waals surface area contributed by atoms with Crippen molar-refractivity contribution in [3.8, 4) is 0 Å². The molecule has 108 valence electrons. The van der Waals surface area contributed by atoms with E-state index >= 15 is 0 Å². The van der Waals surface area contributed by atoms with E-state index in [1.54, 1.807) is 0 Å². The molecule has 0 bridgehead atoms. The van der Waals surface area contributed by atoms with E-state index in [4.69, 9.17) is 9.84 Å². The van der Waals surface area contributed by atoms with Gasteiger partial charge in [0.2, 0.25) is 0 Å². The maximum absolute atomic E-state index is 11.9. The molecule has 6 nitrogen and oxygen atoms in total. The van der Waals surface area contributed by atoms with Gasteiger partial charge >= 0.3 is 12.0 Å². The van der Waals surface area contributed by atoms with E-state index in [2.05, 4.69) is 5.32 Å². The van der Waals surface area contributed by atoms with Crippen molar-refractivity contribution in [3.05, 3.63) is 0 Å². The lowest BCUT2D eigenvalue weighted by molar-refractivity contribution is -0.137. The Morgan fingerprint density at radius 1 is 1.32 bits per heavy atom. The summed E-state index contributed by atoms with van der Waals surface area (Å²) >= 11 is 0. The monoisotopic (exact) mass is 270 g/mol. The molecule has 1 aliphatic heterocycles. The maximum Gasteiger partial charge on any atom is 0.323 e. The zero-order chi connectivity index (χ0) is 13.7. The zero-order valence-electron chi connectivity index (χ0n) is 11.1. The Labute approximate surface area is 113 Å². The molecule has 6 heteroatoms. The second-order valence-electron chi connectivity index (χ2n) is 5.37. The largest absolute Gasteiger partial charge is 0.480 e. The van der Waals surface area contributed by atoms with Crippen LogP contribution in [0.25, 0.3) is 0 Å². The van der Waals surface area contributed by atoms with Crippen LogP contribution < -0.4 is 5.32 Å². The summed E-state index contributed by atoms with van der Waals surface area (Å²) in [5.74, 6) is -0.474. The quantitative estimate of drug-likeness (QED) is 0.725. The lowest BCUT2D eigenvalue weighted by Crippen LogP contribution is -2.44. The van der Waals surface area contributed by atoms with Crippen LogP contribution in [0.3, 0.4) is 0 Å². The molecule has 1 heterocycles. The number of hydrogen-bond acceptors (Lipinski definition) is 3. The van der Waals surface area contributed by atoms with Gasteiger partial charge in [-0.1, -0.05) is 0 Å². The van der Waals surface area contributed by atoms with Gasteiger partial charge in [-0.15, -0.1) is 0 Å². The van der Waals surface area contributed by atoms with E-state index < -0.39 is 5.97 Å². The molecule has 19 heavy (non-hydrogen) atoms. The molecule has 2 N–H and O–H groups in total. The highest BCUT2D eigenvalue weighted by Gasteiger charge is 2.28. The van der Waals surface area contributed by atoms with Gasteiger partial charge in [0.15, 0.2) is 0 Å². The van der Waals surface area contributed by atoms with E-state index in [1.807, 2.05) is 0 Å². The highest BCUT2D eigenvalue weighted by atomic mass is 16.5. The van der Waals surface area contributed by atoms with Gasteiger partial charge in [-0.3, -0.25) is 4.79 Å². The van der Waals surface area contributed by atoms with Crippen LogP contribution >= 0.6 is 0 Å². The minimum absolute atomic E-state index is 0.220. The lowest BCUT2D eigenvalue weighted by atomic mass is 10.2. The van der Waals surface area contributed by atoms with Crippen LogP contribution in [0, 0.1) is 5.92 Å². The molecular formula is C13H22N2O4. The molecule has 1 aliphatic carbocycles. The molecule has 0 radical (unpaired) electrons. The van der Waals surface area contributed by atoms with Gasteiger partial charge in [0, 0.05) is 19.7 Å². The normalized spacial score (nSPS) is 22.2. The minimum Gasteiger partial charge on any atom is -0.480 e. The summed E-state index contributed by atoms with van der Waals surface area (Å²) in [6.45, 7) is 1.69. The van der Waals surface area contributed by atoms with E-state index in [0.29, 0.717) is 19.0 Å². The van der Waals surface area contributed by atoms with Crippen LogP contribution in [0.2, 0.25) is 0 Å². The Kier molecular flexibility index (Phi) is 5.01. The number of carboxylic acids is 1. The predicted molar refractivity (Wildman–Crippen MR) is 68.9 cm³/mol. The van der Waals surface area contributed by atoms with E-state index in [9.17, 15) is 9.59 Å². The molecule has 1 unspecified atom stereocenters. The van der Waals surface area contributed by atoms with Crippen LogP contribution in [0.5, 0.6) is 0 Å². The molecule has 2 amide bonds. The molecule has 1 saturated carbocycles. The number of amides is 2. The van der Waals surface area contributed by atoms with Crippen molar-refractivity contribution in [2.75, 3.05) is 26.2 Å². The lowest BCUT2D eigenvalue weighted by Gasteiger charge is -2.21. The molecule has 0 spiro atoms. The smallest absolute Gasteiger partial charge is 0.323 e. The van der Waals surface area contributed by atoms with E-state index in [1.165, 1.54) is 4.90 Å². The third kappa shape index (κ3) is 5.06. The number of carbonyl (C=O) groups is 2. The Balaban J connectivity index is 1.69. The van der Waals surface area contributed by atoms with Crippen molar-refractivity contribution >= 4 is 12.0 Å². The van der Waals surface area contributed by atoms with Gasteiger partial charge < -0.3 is 20.1 Å². The Hall–Kier alpha value is -1.30. The SMILES string of the molecule is O=C(O)CN(CC1CC1)C(=O)NCCC1CCCO1. The summed E-state index contributed by atoms with van der Waals surface area (Å²) in [7, 11) is 0. The van der Waals surface area contributed by atoms with Crippen molar-refractivity contribution in [2.45, 2.75) is 38.2 Å². The first-order valence-corrected chi connectivity index (χ1v) is 7.01. The van der Waals surface area contributed by atoms with Crippen molar-refractivity contribution in [3.63, 3.8) is 0 Å². The van der Waals surface area contributed by atoms with Crippen molar-refractivity contribution in [1.29, 1.82) is 0 Å². The van der Waals surface area contributed by atoms with Crippen LogP contribution in [-0.2, 0) is 9.53 Å². The standard InChI is InChI=1S/C13H22N2O4/c16-12(17)9-15(8-10-3-4-10)13(18)14-6-5-11-2-1-7-19-11/h10-11H,1-9H2,(H,14,18)(H,16,17). The van der Waals surface area contributed by atoms with Gasteiger partial charge in [0.05, 0.1) is 6.10 Å². The second-order valence-corrected chi connectivity index (χ2v) is 5.37. The van der Waals surface area contributed by atoms with Crippen molar-refractivity contribution in [2.24, 2.45) is 5.92 Å². The molecular weight excluding hydrogens is 248 g/mol. The van der Waals surface area contributed by atoms with Crippen molar-refractivity contribution < 1.29 is 19.4 Å². The second kappa shape index (κ2) is 6.75. The average Bonchev–Trinajstić information content (AvgIpc) is 3.02. The minimum atomic E-state index is -0.963. The third-order valence-electron chi connectivity index (χ3n) is 3.56. The van der Waals surface area contributed by atoms with Gasteiger partial charge in [0.25, 0.3) is 0 Å². The van der Waals surface area contributed by atoms with Gasteiger partial charge in [-0.05, 0) is 38.0 Å². The maximum atomic E-state index is 11.9. The molecule has 1 saturated heterocycles. The molecule has 2 rings (SSSR count). The zero-order valence-corrected chi connectivity index (χ0v) is 11.1. The Morgan fingerprint density at radius 3 is 2.68 bits per heavy atom. The van der Waals surface area contributed by atoms with Crippen LogP contribution in [-0.4, -0.2) is 54.4 Å². The number of nitrogens with one attached hydrogen (secondary N) is 1. The summed E-state index contributed by atoms with van der Waals surface area (Å²) in [6.07, 6.45) is 5.38. The number of rotatable bonds is 7. The molecule has 1 atom stereocenters. The number of carboxylic acid groups (broad SMARTS) is 1. The number of urea groups is 1. The van der Waals surface area contributed by atoms with Crippen LogP contribution in [0.1, 0.15) is 32.1 Å². The number of carbonyl (C=O) groups excluding carboxylic acids is 1. The van der Waals surface area contributed by atoms with Crippen LogP contribution in [0.15, 0.2) is 0 Å². The first-order valence-electron chi connectivity index (χ1n) is 7.01. The number of aliphatic carboxylic acids is 1. The summed E-state index contributed by atoms with van der Waals surface area (Å²) < 4.78 is 5.48. The highest BCUT2D eigenvalue weighted by Crippen LogP contribution is 2.29. The first kappa shape index (κ1) is 14.1. The molecule has 0 aromatic rings. The third-order valence-corrected chi connectivity index (χ3v) is 3.56. The molecule has 2 fully saturated rings. The number of hydrogen-bond donors (Lipinski definition) is 2. The first-order chi connectivity index (χ1) is 9.15.